The third-order valence-electron chi connectivity index (χ3n) is 5.81. The molecule has 1 aromatic heterocycles. The fourth-order valence-electron chi connectivity index (χ4n) is 4.02. The molecule has 2 aliphatic heterocycles. The largest absolute Gasteiger partial charge is 0.421 e. The SMILES string of the molecule is CC(CN(C(=O)C1(C)OC(=O)C(=O)O1)c1ccccn1)N1CCN(c2ccccc2)CC1. The van der Waals surface area contributed by atoms with E-state index in [1.807, 2.05) is 25.1 Å². The van der Waals surface area contributed by atoms with Crippen molar-refractivity contribution in [2.75, 3.05) is 42.5 Å². The molecular weight excluding hydrogens is 412 g/mol. The molecule has 0 radical (unpaired) electrons. The Hall–Kier alpha value is -3.46. The minimum atomic E-state index is -2.00. The number of aromatic nitrogens is 1. The first-order chi connectivity index (χ1) is 15.4. The number of piperazine rings is 1. The number of carbonyl (C=O) groups excluding carboxylic acids is 3. The van der Waals surface area contributed by atoms with Gasteiger partial charge in [-0.3, -0.25) is 14.6 Å². The van der Waals surface area contributed by atoms with Crippen LogP contribution in [0.1, 0.15) is 13.8 Å². The molecule has 3 heterocycles. The van der Waals surface area contributed by atoms with Gasteiger partial charge in [-0.05, 0) is 31.2 Å². The number of hydrogen-bond acceptors (Lipinski definition) is 8. The molecule has 0 N–H and O–H groups in total. The monoisotopic (exact) mass is 438 g/mol. The van der Waals surface area contributed by atoms with Crippen LogP contribution in [0.3, 0.4) is 0 Å². The maximum absolute atomic E-state index is 13.3. The summed E-state index contributed by atoms with van der Waals surface area (Å²) >= 11 is 0. The number of ether oxygens (including phenoxy) is 2. The van der Waals surface area contributed by atoms with Gasteiger partial charge in [-0.25, -0.2) is 14.6 Å². The topological polar surface area (TPSA) is 92.3 Å². The van der Waals surface area contributed by atoms with E-state index in [4.69, 9.17) is 9.47 Å². The Labute approximate surface area is 186 Å². The Morgan fingerprint density at radius 3 is 2.25 bits per heavy atom. The van der Waals surface area contributed by atoms with Gasteiger partial charge in [-0.2, -0.15) is 0 Å². The van der Waals surface area contributed by atoms with Crippen LogP contribution in [0.2, 0.25) is 0 Å². The van der Waals surface area contributed by atoms with E-state index < -0.39 is 23.6 Å². The van der Waals surface area contributed by atoms with Crippen molar-refractivity contribution in [3.8, 4) is 0 Å². The van der Waals surface area contributed by atoms with Gasteiger partial charge in [-0.15, -0.1) is 0 Å². The number of amides is 1. The Kier molecular flexibility index (Phi) is 6.09. The normalized spacial score (nSPS) is 19.2. The summed E-state index contributed by atoms with van der Waals surface area (Å²) in [6, 6.07) is 15.5. The van der Waals surface area contributed by atoms with E-state index >= 15 is 0 Å². The van der Waals surface area contributed by atoms with Crippen LogP contribution in [0, 0.1) is 0 Å². The van der Waals surface area contributed by atoms with Crippen molar-refractivity contribution in [1.29, 1.82) is 0 Å². The van der Waals surface area contributed by atoms with Gasteiger partial charge >= 0.3 is 23.6 Å². The first-order valence-corrected chi connectivity index (χ1v) is 10.6. The predicted molar refractivity (Wildman–Crippen MR) is 117 cm³/mol. The number of anilines is 2. The second kappa shape index (κ2) is 8.96. The zero-order chi connectivity index (χ0) is 22.7. The molecule has 32 heavy (non-hydrogen) atoms. The molecule has 0 saturated carbocycles. The van der Waals surface area contributed by atoms with Gasteiger partial charge in [0.15, 0.2) is 0 Å². The predicted octanol–water partition coefficient (Wildman–Crippen LogP) is 1.44. The summed E-state index contributed by atoms with van der Waals surface area (Å²) in [5, 5.41) is 0. The Morgan fingerprint density at radius 1 is 1.03 bits per heavy atom. The molecule has 1 atom stereocenters. The smallest absolute Gasteiger partial charge is 0.405 e. The van der Waals surface area contributed by atoms with Gasteiger partial charge in [0.25, 0.3) is 0 Å². The molecular formula is C23H26N4O5. The molecule has 9 nitrogen and oxygen atoms in total. The molecule has 1 aromatic carbocycles. The molecule has 2 aliphatic rings. The van der Waals surface area contributed by atoms with Crippen molar-refractivity contribution in [3.63, 3.8) is 0 Å². The first kappa shape index (κ1) is 21.8. The van der Waals surface area contributed by atoms with E-state index in [2.05, 4.69) is 26.9 Å². The second-order valence-electron chi connectivity index (χ2n) is 8.04. The molecule has 0 bridgehead atoms. The maximum Gasteiger partial charge on any atom is 0.421 e. The lowest BCUT2D eigenvalue weighted by Crippen LogP contribution is -2.56. The number of cyclic esters (lactones) is 2. The van der Waals surface area contributed by atoms with Crippen LogP contribution < -0.4 is 9.80 Å². The lowest BCUT2D eigenvalue weighted by molar-refractivity contribution is -0.182. The maximum atomic E-state index is 13.3. The molecule has 1 amide bonds. The van der Waals surface area contributed by atoms with Crippen LogP contribution in [0.5, 0.6) is 0 Å². The number of nitrogens with zero attached hydrogens (tertiary/aromatic N) is 4. The van der Waals surface area contributed by atoms with Crippen LogP contribution in [0.25, 0.3) is 0 Å². The fraction of sp³-hybridized carbons (Fsp3) is 0.391. The van der Waals surface area contributed by atoms with Gasteiger partial charge in [0.05, 0.1) is 0 Å². The van der Waals surface area contributed by atoms with Crippen LogP contribution in [0.15, 0.2) is 54.7 Å². The molecule has 2 aromatic rings. The molecule has 0 spiro atoms. The number of carbonyl (C=O) groups is 3. The molecule has 0 aliphatic carbocycles. The van der Waals surface area contributed by atoms with Crippen molar-refractivity contribution < 1.29 is 23.9 Å². The zero-order valence-corrected chi connectivity index (χ0v) is 18.1. The van der Waals surface area contributed by atoms with Crippen LogP contribution in [0.4, 0.5) is 11.5 Å². The zero-order valence-electron chi connectivity index (χ0n) is 18.1. The highest BCUT2D eigenvalue weighted by Crippen LogP contribution is 2.26. The molecule has 1 unspecified atom stereocenters. The average Bonchev–Trinajstić information content (AvgIpc) is 3.10. The van der Waals surface area contributed by atoms with E-state index in [9.17, 15) is 14.4 Å². The summed E-state index contributed by atoms with van der Waals surface area (Å²) in [5.41, 5.74) is 1.20. The summed E-state index contributed by atoms with van der Waals surface area (Å²) in [7, 11) is 0. The number of rotatable bonds is 6. The average molecular weight is 438 g/mol. The summed E-state index contributed by atoms with van der Waals surface area (Å²) in [6.07, 6.45) is 1.58. The van der Waals surface area contributed by atoms with Crippen LogP contribution in [-0.4, -0.2) is 72.3 Å². The summed E-state index contributed by atoms with van der Waals surface area (Å²) < 4.78 is 9.93. The minimum absolute atomic E-state index is 0.00437. The molecule has 4 rings (SSSR count). The van der Waals surface area contributed by atoms with Crippen LogP contribution >= 0.6 is 0 Å². The van der Waals surface area contributed by atoms with Gasteiger partial charge in [0, 0.05) is 57.6 Å². The van der Waals surface area contributed by atoms with Crippen molar-refractivity contribution in [1.82, 2.24) is 9.88 Å². The Balaban J connectivity index is 1.46. The molecule has 2 saturated heterocycles. The fourth-order valence-corrected chi connectivity index (χ4v) is 4.02. The summed E-state index contributed by atoms with van der Waals surface area (Å²) in [5.74, 6) is -4.60. The van der Waals surface area contributed by atoms with Crippen molar-refractivity contribution >= 4 is 29.4 Å². The second-order valence-corrected chi connectivity index (χ2v) is 8.04. The van der Waals surface area contributed by atoms with Crippen molar-refractivity contribution in [2.24, 2.45) is 0 Å². The number of hydrogen-bond donors (Lipinski definition) is 0. The van der Waals surface area contributed by atoms with E-state index in [0.717, 1.165) is 26.2 Å². The number of para-hydroxylation sites is 1. The summed E-state index contributed by atoms with van der Waals surface area (Å²) in [4.78, 5) is 46.8. The summed E-state index contributed by atoms with van der Waals surface area (Å²) in [6.45, 7) is 7.03. The Bertz CT molecular complexity index is 960. The number of benzene rings is 1. The van der Waals surface area contributed by atoms with Gasteiger partial charge in [0.2, 0.25) is 0 Å². The lowest BCUT2D eigenvalue weighted by atomic mass is 10.1. The standard InChI is InChI=1S/C23H26N4O5/c1-17(25-12-14-26(15-13-25)18-8-4-3-5-9-18)16-27(19-10-6-7-11-24-19)22(30)23(2)31-20(28)21(29)32-23/h3-11,17H,12-16H2,1-2H3. The molecule has 168 valence electrons. The van der Waals surface area contributed by atoms with Crippen molar-refractivity contribution in [2.45, 2.75) is 25.7 Å². The third kappa shape index (κ3) is 4.43. The van der Waals surface area contributed by atoms with Crippen molar-refractivity contribution in [3.05, 3.63) is 54.7 Å². The molecule has 2 fully saturated rings. The lowest BCUT2D eigenvalue weighted by Gasteiger charge is -2.40. The van der Waals surface area contributed by atoms with Crippen LogP contribution in [-0.2, 0) is 23.9 Å². The van der Waals surface area contributed by atoms with E-state index in [1.54, 1.807) is 24.4 Å². The third-order valence-corrected chi connectivity index (χ3v) is 5.81. The van der Waals surface area contributed by atoms with E-state index in [0.29, 0.717) is 12.4 Å². The quantitative estimate of drug-likeness (QED) is 0.494. The number of pyridine rings is 1. The van der Waals surface area contributed by atoms with Gasteiger partial charge in [-0.1, -0.05) is 24.3 Å². The number of esters is 2. The molecule has 9 heteroatoms. The minimum Gasteiger partial charge on any atom is -0.405 e. The van der Waals surface area contributed by atoms with Gasteiger partial charge in [0.1, 0.15) is 5.82 Å². The highest BCUT2D eigenvalue weighted by atomic mass is 16.8. The van der Waals surface area contributed by atoms with E-state index in [-0.39, 0.29) is 6.04 Å². The Morgan fingerprint density at radius 2 is 1.66 bits per heavy atom. The van der Waals surface area contributed by atoms with Gasteiger partial charge < -0.3 is 14.4 Å². The first-order valence-electron chi connectivity index (χ1n) is 10.6. The van der Waals surface area contributed by atoms with E-state index in [1.165, 1.54) is 17.5 Å². The highest BCUT2D eigenvalue weighted by molar-refractivity contribution is 6.32. The highest BCUT2D eigenvalue weighted by Gasteiger charge is 2.53.